The van der Waals surface area contributed by atoms with Gasteiger partial charge in [0, 0.05) is 6.04 Å². The van der Waals surface area contributed by atoms with Crippen molar-refractivity contribution < 1.29 is 9.84 Å². The molecule has 2 heterocycles. The summed E-state index contributed by atoms with van der Waals surface area (Å²) in [5.74, 6) is 1.76. The Kier molecular flexibility index (Phi) is 4.54. The van der Waals surface area contributed by atoms with Gasteiger partial charge in [0.2, 0.25) is 11.9 Å². The molecule has 0 aromatic carbocycles. The highest BCUT2D eigenvalue weighted by Crippen LogP contribution is 2.26. The molecule has 1 unspecified atom stereocenters. The topological polar surface area (TPSA) is 92.2 Å². The molecule has 7 nitrogen and oxygen atoms in total. The van der Waals surface area contributed by atoms with E-state index in [1.54, 1.807) is 0 Å². The van der Waals surface area contributed by atoms with Crippen LogP contribution in [-0.4, -0.2) is 51.5 Å². The van der Waals surface area contributed by atoms with E-state index < -0.39 is 6.10 Å². The average Bonchev–Trinajstić information content (AvgIpc) is 2.42. The zero-order valence-corrected chi connectivity index (χ0v) is 13.0. The van der Waals surface area contributed by atoms with E-state index in [9.17, 15) is 5.11 Å². The maximum absolute atomic E-state index is 9.82. The molecule has 0 radical (unpaired) electrons. The van der Waals surface area contributed by atoms with E-state index in [0.717, 1.165) is 24.8 Å². The van der Waals surface area contributed by atoms with Gasteiger partial charge in [-0.25, -0.2) is 0 Å². The summed E-state index contributed by atoms with van der Waals surface area (Å²) < 4.78 is 5.17. The molecule has 1 atom stereocenters. The molecule has 0 spiro atoms. The van der Waals surface area contributed by atoms with Gasteiger partial charge in [0.05, 0.1) is 25.4 Å². The Bertz CT molecular complexity index is 557. The van der Waals surface area contributed by atoms with Crippen LogP contribution in [0.15, 0.2) is 6.08 Å². The summed E-state index contributed by atoms with van der Waals surface area (Å²) in [4.78, 5) is 13.4. The van der Waals surface area contributed by atoms with Crippen LogP contribution in [0.1, 0.15) is 38.9 Å². The third-order valence-electron chi connectivity index (χ3n) is 3.65. The highest BCUT2D eigenvalue weighted by molar-refractivity contribution is 5.63. The SMILES string of the molecule is CC(C)Nc1nc(NC2COC2)nc(C2=CC(O)CCC2)n1. The summed E-state index contributed by atoms with van der Waals surface area (Å²) in [7, 11) is 0. The van der Waals surface area contributed by atoms with E-state index in [1.807, 2.05) is 19.9 Å². The standard InChI is InChI=1S/C15H23N5O2/c1-9(2)16-14-18-13(10-4-3-5-12(21)6-10)19-15(20-14)17-11-7-22-8-11/h6,9,11-12,21H,3-5,7-8H2,1-2H3,(H2,16,17,18,19,20). The lowest BCUT2D eigenvalue weighted by atomic mass is 9.97. The summed E-state index contributed by atoms with van der Waals surface area (Å²) in [6, 6.07) is 0.495. The van der Waals surface area contributed by atoms with Crippen LogP contribution in [0.25, 0.3) is 5.57 Å². The molecular weight excluding hydrogens is 282 g/mol. The van der Waals surface area contributed by atoms with Crippen molar-refractivity contribution in [1.29, 1.82) is 0 Å². The Morgan fingerprint density at radius 1 is 1.23 bits per heavy atom. The van der Waals surface area contributed by atoms with Gasteiger partial charge in [0.25, 0.3) is 0 Å². The largest absolute Gasteiger partial charge is 0.389 e. The van der Waals surface area contributed by atoms with Crippen molar-refractivity contribution in [3.05, 3.63) is 11.9 Å². The Balaban J connectivity index is 1.87. The lowest BCUT2D eigenvalue weighted by Gasteiger charge is -2.27. The summed E-state index contributed by atoms with van der Waals surface area (Å²) in [6.45, 7) is 5.44. The number of aliphatic hydroxyl groups excluding tert-OH is 1. The van der Waals surface area contributed by atoms with Gasteiger partial charge >= 0.3 is 0 Å². The Labute approximate surface area is 130 Å². The summed E-state index contributed by atoms with van der Waals surface area (Å²) in [5.41, 5.74) is 0.987. The van der Waals surface area contributed by atoms with Crippen molar-refractivity contribution in [3.63, 3.8) is 0 Å². The zero-order valence-electron chi connectivity index (χ0n) is 13.0. The number of aliphatic hydroxyl groups is 1. The fraction of sp³-hybridized carbons (Fsp3) is 0.667. The molecule has 1 aromatic rings. The molecule has 0 amide bonds. The first-order valence-corrected chi connectivity index (χ1v) is 7.86. The molecule has 120 valence electrons. The second-order valence-electron chi connectivity index (χ2n) is 6.14. The first kappa shape index (κ1) is 15.2. The summed E-state index contributed by atoms with van der Waals surface area (Å²) in [5, 5.41) is 16.3. The quantitative estimate of drug-likeness (QED) is 0.758. The van der Waals surface area contributed by atoms with Crippen molar-refractivity contribution in [2.24, 2.45) is 0 Å². The molecule has 0 saturated carbocycles. The van der Waals surface area contributed by atoms with Crippen molar-refractivity contribution in [2.75, 3.05) is 23.8 Å². The number of allylic oxidation sites excluding steroid dienone is 1. The number of hydrogen-bond acceptors (Lipinski definition) is 7. The van der Waals surface area contributed by atoms with Crippen molar-refractivity contribution >= 4 is 17.5 Å². The molecular formula is C15H23N5O2. The summed E-state index contributed by atoms with van der Waals surface area (Å²) >= 11 is 0. The van der Waals surface area contributed by atoms with Crippen LogP contribution in [0, 0.1) is 0 Å². The third kappa shape index (κ3) is 3.72. The second kappa shape index (κ2) is 6.58. The highest BCUT2D eigenvalue weighted by atomic mass is 16.5. The normalized spacial score (nSPS) is 22.2. The van der Waals surface area contributed by atoms with E-state index in [4.69, 9.17) is 4.74 Å². The van der Waals surface area contributed by atoms with Crippen LogP contribution in [0.2, 0.25) is 0 Å². The number of rotatable bonds is 5. The van der Waals surface area contributed by atoms with Crippen molar-refractivity contribution in [1.82, 2.24) is 15.0 Å². The molecule has 1 aliphatic carbocycles. The minimum absolute atomic E-state index is 0.237. The van der Waals surface area contributed by atoms with Gasteiger partial charge in [-0.3, -0.25) is 0 Å². The minimum Gasteiger partial charge on any atom is -0.389 e. The maximum atomic E-state index is 9.82. The Hall–Kier alpha value is -1.73. The Morgan fingerprint density at radius 2 is 2.00 bits per heavy atom. The second-order valence-corrected chi connectivity index (χ2v) is 6.14. The van der Waals surface area contributed by atoms with Crippen LogP contribution in [0.4, 0.5) is 11.9 Å². The zero-order chi connectivity index (χ0) is 15.5. The minimum atomic E-state index is -0.404. The van der Waals surface area contributed by atoms with E-state index >= 15 is 0 Å². The number of nitrogens with one attached hydrogen (secondary N) is 2. The maximum Gasteiger partial charge on any atom is 0.228 e. The van der Waals surface area contributed by atoms with Crippen LogP contribution >= 0.6 is 0 Å². The number of nitrogens with zero attached hydrogens (tertiary/aromatic N) is 3. The van der Waals surface area contributed by atoms with Crippen molar-refractivity contribution in [3.8, 4) is 0 Å². The third-order valence-corrected chi connectivity index (χ3v) is 3.65. The van der Waals surface area contributed by atoms with Crippen LogP contribution < -0.4 is 10.6 Å². The van der Waals surface area contributed by atoms with E-state index in [0.29, 0.717) is 30.9 Å². The fourth-order valence-electron chi connectivity index (χ4n) is 2.50. The average molecular weight is 305 g/mol. The van der Waals surface area contributed by atoms with Gasteiger partial charge in [0.15, 0.2) is 5.82 Å². The van der Waals surface area contributed by atoms with Crippen LogP contribution in [-0.2, 0) is 4.74 Å². The molecule has 1 aromatic heterocycles. The lowest BCUT2D eigenvalue weighted by molar-refractivity contribution is 0.0208. The summed E-state index contributed by atoms with van der Waals surface area (Å²) in [6.07, 6.45) is 4.09. The van der Waals surface area contributed by atoms with E-state index in [1.165, 1.54) is 0 Å². The number of aromatic nitrogens is 3. The van der Waals surface area contributed by atoms with Gasteiger partial charge < -0.3 is 20.5 Å². The van der Waals surface area contributed by atoms with Crippen molar-refractivity contribution in [2.45, 2.75) is 51.3 Å². The van der Waals surface area contributed by atoms with Gasteiger partial charge in [-0.1, -0.05) is 0 Å². The molecule has 3 N–H and O–H groups in total. The van der Waals surface area contributed by atoms with Crippen LogP contribution in [0.5, 0.6) is 0 Å². The lowest BCUT2D eigenvalue weighted by Crippen LogP contribution is -2.40. The van der Waals surface area contributed by atoms with Gasteiger partial charge in [0.1, 0.15) is 0 Å². The molecule has 1 fully saturated rings. The predicted molar refractivity (Wildman–Crippen MR) is 84.7 cm³/mol. The first-order valence-electron chi connectivity index (χ1n) is 7.86. The Morgan fingerprint density at radius 3 is 2.64 bits per heavy atom. The van der Waals surface area contributed by atoms with E-state index in [2.05, 4.69) is 25.6 Å². The number of ether oxygens (including phenoxy) is 1. The smallest absolute Gasteiger partial charge is 0.228 e. The molecule has 2 aliphatic rings. The number of hydrogen-bond donors (Lipinski definition) is 3. The highest BCUT2D eigenvalue weighted by Gasteiger charge is 2.21. The monoisotopic (exact) mass is 305 g/mol. The fourth-order valence-corrected chi connectivity index (χ4v) is 2.50. The molecule has 3 rings (SSSR count). The molecule has 22 heavy (non-hydrogen) atoms. The first-order chi connectivity index (χ1) is 10.6. The van der Waals surface area contributed by atoms with Crippen LogP contribution in [0.3, 0.4) is 0 Å². The predicted octanol–water partition coefficient (Wildman–Crippen LogP) is 1.43. The molecule has 7 heteroatoms. The molecule has 1 aliphatic heterocycles. The molecule has 1 saturated heterocycles. The van der Waals surface area contributed by atoms with Gasteiger partial charge in [-0.15, -0.1) is 0 Å². The van der Waals surface area contributed by atoms with E-state index in [-0.39, 0.29) is 12.1 Å². The number of anilines is 2. The van der Waals surface area contributed by atoms with Gasteiger partial charge in [-0.2, -0.15) is 15.0 Å². The molecule has 0 bridgehead atoms. The van der Waals surface area contributed by atoms with Gasteiger partial charge in [-0.05, 0) is 44.8 Å².